The highest BCUT2D eigenvalue weighted by Gasteiger charge is 2.29. The molecule has 0 bridgehead atoms. The van der Waals surface area contributed by atoms with Crippen LogP contribution in [0.5, 0.6) is 0 Å². The van der Waals surface area contributed by atoms with Crippen LogP contribution >= 0.6 is 0 Å². The molecule has 1 aliphatic rings. The molecule has 1 aromatic carbocycles. The van der Waals surface area contributed by atoms with Crippen LogP contribution in [0, 0.1) is 0 Å². The molecule has 0 saturated carbocycles. The zero-order valence-corrected chi connectivity index (χ0v) is 13.4. The van der Waals surface area contributed by atoms with Gasteiger partial charge in [-0.25, -0.2) is 0 Å². The Kier molecular flexibility index (Phi) is 5.70. The van der Waals surface area contributed by atoms with E-state index in [0.717, 1.165) is 13.0 Å². The predicted molar refractivity (Wildman–Crippen MR) is 87.1 cm³/mol. The maximum absolute atomic E-state index is 12.2. The van der Waals surface area contributed by atoms with Crippen LogP contribution in [-0.4, -0.2) is 55.8 Å². The van der Waals surface area contributed by atoms with Crippen molar-refractivity contribution in [3.05, 3.63) is 29.8 Å². The SMILES string of the molecule is CN(C)CCCNC(=O)C[C@H]1NC(=O)c2ccccc2NC1=O. The minimum absolute atomic E-state index is 0.0759. The van der Waals surface area contributed by atoms with Gasteiger partial charge in [-0.2, -0.15) is 0 Å². The molecule has 0 fully saturated rings. The van der Waals surface area contributed by atoms with Crippen LogP contribution < -0.4 is 16.0 Å². The van der Waals surface area contributed by atoms with E-state index < -0.39 is 6.04 Å². The molecule has 0 unspecified atom stereocenters. The molecule has 1 aromatic rings. The lowest BCUT2D eigenvalue weighted by Crippen LogP contribution is -2.44. The van der Waals surface area contributed by atoms with E-state index in [-0.39, 0.29) is 24.1 Å². The molecule has 1 atom stereocenters. The highest BCUT2D eigenvalue weighted by Crippen LogP contribution is 2.18. The first-order valence-corrected chi connectivity index (χ1v) is 7.59. The molecule has 3 N–H and O–H groups in total. The third-order valence-corrected chi connectivity index (χ3v) is 3.55. The second-order valence-corrected chi connectivity index (χ2v) is 5.77. The fraction of sp³-hybridized carbons (Fsp3) is 0.438. The summed E-state index contributed by atoms with van der Waals surface area (Å²) in [6, 6.07) is 5.89. The number of anilines is 1. The summed E-state index contributed by atoms with van der Waals surface area (Å²) in [6.07, 6.45) is 0.751. The van der Waals surface area contributed by atoms with Gasteiger partial charge >= 0.3 is 0 Å². The number of carbonyl (C=O) groups excluding carboxylic acids is 3. The maximum atomic E-state index is 12.2. The molecule has 0 spiro atoms. The van der Waals surface area contributed by atoms with Crippen molar-refractivity contribution in [1.82, 2.24) is 15.5 Å². The van der Waals surface area contributed by atoms with Crippen LogP contribution in [0.2, 0.25) is 0 Å². The molecule has 124 valence electrons. The summed E-state index contributed by atoms with van der Waals surface area (Å²) in [5, 5.41) is 8.05. The van der Waals surface area contributed by atoms with Crippen molar-refractivity contribution in [1.29, 1.82) is 0 Å². The van der Waals surface area contributed by atoms with Crippen LogP contribution in [0.3, 0.4) is 0 Å². The second kappa shape index (κ2) is 7.73. The quantitative estimate of drug-likeness (QED) is 0.653. The third-order valence-electron chi connectivity index (χ3n) is 3.55. The summed E-state index contributed by atoms with van der Waals surface area (Å²) in [6.45, 7) is 1.41. The van der Waals surface area contributed by atoms with Gasteiger partial charge in [-0.05, 0) is 39.2 Å². The molecule has 0 saturated heterocycles. The standard InChI is InChI=1S/C16H22N4O3/c1-20(2)9-5-8-17-14(21)10-13-16(23)18-12-7-4-3-6-11(12)15(22)19-13/h3-4,6-7,13H,5,8-10H2,1-2H3,(H,17,21)(H,18,23)(H,19,22)/t13-/m1/s1. The topological polar surface area (TPSA) is 90.5 Å². The number of hydrogen-bond donors (Lipinski definition) is 3. The van der Waals surface area contributed by atoms with Crippen molar-refractivity contribution in [2.75, 3.05) is 32.5 Å². The van der Waals surface area contributed by atoms with Gasteiger partial charge in [0.15, 0.2) is 0 Å². The van der Waals surface area contributed by atoms with E-state index in [2.05, 4.69) is 16.0 Å². The predicted octanol–water partition coefficient (Wildman–Crippen LogP) is 0.195. The number of rotatable bonds is 6. The van der Waals surface area contributed by atoms with Gasteiger partial charge in [-0.1, -0.05) is 12.1 Å². The molecule has 7 nitrogen and oxygen atoms in total. The smallest absolute Gasteiger partial charge is 0.254 e. The summed E-state index contributed by atoms with van der Waals surface area (Å²) in [4.78, 5) is 38.3. The molecule has 0 aliphatic carbocycles. The first-order chi connectivity index (χ1) is 11.0. The molecule has 2 rings (SSSR count). The van der Waals surface area contributed by atoms with Crippen LogP contribution in [0.4, 0.5) is 5.69 Å². The van der Waals surface area contributed by atoms with Crippen LogP contribution in [0.1, 0.15) is 23.2 Å². The zero-order valence-electron chi connectivity index (χ0n) is 13.4. The van der Waals surface area contributed by atoms with Crippen molar-refractivity contribution in [2.24, 2.45) is 0 Å². The average molecular weight is 318 g/mol. The highest BCUT2D eigenvalue weighted by atomic mass is 16.2. The van der Waals surface area contributed by atoms with Gasteiger partial charge in [-0.15, -0.1) is 0 Å². The summed E-state index contributed by atoms with van der Waals surface area (Å²) >= 11 is 0. The number of nitrogens with zero attached hydrogens (tertiary/aromatic N) is 1. The summed E-state index contributed by atoms with van der Waals surface area (Å²) in [7, 11) is 3.93. The molecule has 0 radical (unpaired) electrons. The lowest BCUT2D eigenvalue weighted by molar-refractivity contribution is -0.125. The van der Waals surface area contributed by atoms with Crippen molar-refractivity contribution in [3.8, 4) is 0 Å². The van der Waals surface area contributed by atoms with E-state index in [1.54, 1.807) is 24.3 Å². The Morgan fingerprint density at radius 1 is 1.26 bits per heavy atom. The molecule has 7 heteroatoms. The van der Waals surface area contributed by atoms with Crippen LogP contribution in [0.15, 0.2) is 24.3 Å². The number of carbonyl (C=O) groups is 3. The molecule has 0 aromatic heterocycles. The third kappa shape index (κ3) is 4.79. The lowest BCUT2D eigenvalue weighted by Gasteiger charge is -2.15. The molecule has 1 aliphatic heterocycles. The Morgan fingerprint density at radius 2 is 2.00 bits per heavy atom. The van der Waals surface area contributed by atoms with Crippen LogP contribution in [-0.2, 0) is 9.59 Å². The number of amides is 3. The van der Waals surface area contributed by atoms with Gasteiger partial charge in [0, 0.05) is 6.54 Å². The zero-order chi connectivity index (χ0) is 16.8. The minimum Gasteiger partial charge on any atom is -0.356 e. The van der Waals surface area contributed by atoms with E-state index in [4.69, 9.17) is 0 Å². The van der Waals surface area contributed by atoms with Crippen molar-refractivity contribution >= 4 is 23.4 Å². The second-order valence-electron chi connectivity index (χ2n) is 5.77. The van der Waals surface area contributed by atoms with Gasteiger partial charge in [0.25, 0.3) is 5.91 Å². The van der Waals surface area contributed by atoms with Crippen molar-refractivity contribution < 1.29 is 14.4 Å². The Balaban J connectivity index is 1.90. The minimum atomic E-state index is -0.872. The number of nitrogens with one attached hydrogen (secondary N) is 3. The Bertz CT molecular complexity index is 601. The number of benzene rings is 1. The first-order valence-electron chi connectivity index (χ1n) is 7.59. The van der Waals surface area contributed by atoms with Gasteiger partial charge in [0.05, 0.1) is 17.7 Å². The Hall–Kier alpha value is -2.41. The lowest BCUT2D eigenvalue weighted by atomic mass is 10.1. The fourth-order valence-electron chi connectivity index (χ4n) is 2.34. The molecule has 3 amide bonds. The Labute approximate surface area is 135 Å². The number of para-hydroxylation sites is 1. The highest BCUT2D eigenvalue weighted by molar-refractivity contribution is 6.10. The number of fused-ring (bicyclic) bond motifs is 1. The van der Waals surface area contributed by atoms with Crippen LogP contribution in [0.25, 0.3) is 0 Å². The first kappa shape index (κ1) is 17.0. The number of hydrogen-bond acceptors (Lipinski definition) is 4. The monoisotopic (exact) mass is 318 g/mol. The van der Waals surface area contributed by atoms with Gasteiger partial charge in [0.2, 0.25) is 11.8 Å². The summed E-state index contributed by atoms with van der Waals surface area (Å²) < 4.78 is 0. The fourth-order valence-corrected chi connectivity index (χ4v) is 2.34. The molecular weight excluding hydrogens is 296 g/mol. The van der Waals surface area contributed by atoms with E-state index in [1.807, 2.05) is 19.0 Å². The van der Waals surface area contributed by atoms with E-state index in [1.165, 1.54) is 0 Å². The van der Waals surface area contributed by atoms with Gasteiger partial charge < -0.3 is 20.9 Å². The van der Waals surface area contributed by atoms with E-state index in [9.17, 15) is 14.4 Å². The maximum Gasteiger partial charge on any atom is 0.254 e. The summed E-state index contributed by atoms with van der Waals surface area (Å²) in [5.74, 6) is -0.994. The van der Waals surface area contributed by atoms with Crippen molar-refractivity contribution in [3.63, 3.8) is 0 Å². The van der Waals surface area contributed by atoms with E-state index in [0.29, 0.717) is 17.8 Å². The molecule has 1 heterocycles. The largest absolute Gasteiger partial charge is 0.356 e. The average Bonchev–Trinajstić information content (AvgIpc) is 2.61. The molecule has 23 heavy (non-hydrogen) atoms. The van der Waals surface area contributed by atoms with Crippen molar-refractivity contribution in [2.45, 2.75) is 18.9 Å². The van der Waals surface area contributed by atoms with E-state index >= 15 is 0 Å². The normalized spacial score (nSPS) is 17.1. The summed E-state index contributed by atoms with van der Waals surface area (Å²) in [5.41, 5.74) is 0.860. The molecular formula is C16H22N4O3. The van der Waals surface area contributed by atoms with Gasteiger partial charge in [-0.3, -0.25) is 14.4 Å². The van der Waals surface area contributed by atoms with Gasteiger partial charge in [0.1, 0.15) is 6.04 Å². The Morgan fingerprint density at radius 3 is 2.74 bits per heavy atom.